The molecule has 1 aliphatic rings. The lowest BCUT2D eigenvalue weighted by Gasteiger charge is -2.33. The van der Waals surface area contributed by atoms with Gasteiger partial charge in [0, 0.05) is 43.5 Å². The van der Waals surface area contributed by atoms with Gasteiger partial charge in [0.2, 0.25) is 5.91 Å². The predicted octanol–water partition coefficient (Wildman–Crippen LogP) is 2.57. The van der Waals surface area contributed by atoms with Crippen molar-refractivity contribution >= 4 is 23.3 Å². The predicted molar refractivity (Wildman–Crippen MR) is 97.4 cm³/mol. The second-order valence-corrected chi connectivity index (χ2v) is 6.08. The van der Waals surface area contributed by atoms with Crippen molar-refractivity contribution in [2.45, 2.75) is 33.1 Å². The summed E-state index contributed by atoms with van der Waals surface area (Å²) in [7, 11) is 0. The zero-order chi connectivity index (χ0) is 17.4. The van der Waals surface area contributed by atoms with Crippen molar-refractivity contribution in [2.75, 3.05) is 36.4 Å². The lowest BCUT2D eigenvalue weighted by Crippen LogP contribution is -2.40. The molecule has 6 heteroatoms. The molecule has 0 unspecified atom stereocenters. The second-order valence-electron chi connectivity index (χ2n) is 6.08. The van der Waals surface area contributed by atoms with E-state index in [1.54, 1.807) is 0 Å². The van der Waals surface area contributed by atoms with Gasteiger partial charge in [-0.25, -0.2) is 4.79 Å². The quantitative estimate of drug-likeness (QED) is 0.749. The van der Waals surface area contributed by atoms with E-state index in [4.69, 9.17) is 0 Å². The highest BCUT2D eigenvalue weighted by Gasteiger charge is 2.24. The smallest absolute Gasteiger partial charge is 0.319 e. The van der Waals surface area contributed by atoms with Crippen LogP contribution < -0.4 is 20.9 Å². The molecule has 24 heavy (non-hydrogen) atoms. The summed E-state index contributed by atoms with van der Waals surface area (Å²) < 4.78 is 0. The molecule has 0 bridgehead atoms. The summed E-state index contributed by atoms with van der Waals surface area (Å²) in [6, 6.07) is 7.68. The van der Waals surface area contributed by atoms with Gasteiger partial charge in [-0.15, -0.1) is 0 Å². The minimum absolute atomic E-state index is 0.129. The van der Waals surface area contributed by atoms with Crippen LogP contribution in [0.25, 0.3) is 0 Å². The van der Waals surface area contributed by atoms with Crippen LogP contribution in [0.2, 0.25) is 0 Å². The van der Waals surface area contributed by atoms with Gasteiger partial charge in [0.05, 0.1) is 0 Å². The first-order valence-electron chi connectivity index (χ1n) is 8.81. The van der Waals surface area contributed by atoms with E-state index in [9.17, 15) is 9.59 Å². The van der Waals surface area contributed by atoms with Crippen molar-refractivity contribution in [3.05, 3.63) is 24.3 Å². The molecule has 132 valence electrons. The van der Waals surface area contributed by atoms with Gasteiger partial charge in [-0.1, -0.05) is 6.92 Å². The van der Waals surface area contributed by atoms with Gasteiger partial charge >= 0.3 is 6.03 Å². The third kappa shape index (κ3) is 5.15. The summed E-state index contributed by atoms with van der Waals surface area (Å²) in [5.41, 5.74) is 1.91. The molecular formula is C18H28N4O2. The van der Waals surface area contributed by atoms with Gasteiger partial charge in [-0.05, 0) is 50.5 Å². The van der Waals surface area contributed by atoms with Gasteiger partial charge in [-0.3, -0.25) is 4.79 Å². The molecule has 1 aromatic carbocycles. The Hall–Kier alpha value is -2.24. The fourth-order valence-electron chi connectivity index (χ4n) is 2.89. The van der Waals surface area contributed by atoms with Crippen LogP contribution in [0.3, 0.4) is 0 Å². The van der Waals surface area contributed by atoms with Crippen LogP contribution in [0.5, 0.6) is 0 Å². The van der Waals surface area contributed by atoms with Crippen molar-refractivity contribution < 1.29 is 9.59 Å². The fraction of sp³-hybridized carbons (Fsp3) is 0.556. The number of benzene rings is 1. The number of hydrogen-bond acceptors (Lipinski definition) is 3. The van der Waals surface area contributed by atoms with E-state index in [0.717, 1.165) is 43.7 Å². The summed E-state index contributed by atoms with van der Waals surface area (Å²) in [6.07, 6.45) is 2.68. The highest BCUT2D eigenvalue weighted by atomic mass is 16.2. The van der Waals surface area contributed by atoms with E-state index in [2.05, 4.69) is 20.9 Å². The Morgan fingerprint density at radius 1 is 1.08 bits per heavy atom. The number of urea groups is 1. The Morgan fingerprint density at radius 2 is 1.75 bits per heavy atom. The second kappa shape index (κ2) is 9.15. The Morgan fingerprint density at radius 3 is 2.33 bits per heavy atom. The largest absolute Gasteiger partial charge is 0.371 e. The fourth-order valence-corrected chi connectivity index (χ4v) is 2.89. The average Bonchev–Trinajstić information content (AvgIpc) is 2.61. The molecule has 0 saturated carbocycles. The van der Waals surface area contributed by atoms with Crippen LogP contribution >= 0.6 is 0 Å². The molecular weight excluding hydrogens is 304 g/mol. The standard InChI is InChI=1S/C18H28N4O2/c1-3-11-20-18(24)21-15-5-7-16(8-6-15)22-12-9-14(10-13-22)17(23)19-4-2/h5-8,14H,3-4,9-13H2,1-2H3,(H,19,23)(H2,20,21,24). The molecule has 0 atom stereocenters. The molecule has 1 aromatic rings. The molecule has 1 saturated heterocycles. The SMILES string of the molecule is CCCNC(=O)Nc1ccc(N2CCC(C(=O)NCC)CC2)cc1. The summed E-state index contributed by atoms with van der Waals surface area (Å²) >= 11 is 0. The number of carbonyl (C=O) groups is 2. The number of anilines is 2. The third-order valence-corrected chi connectivity index (χ3v) is 4.24. The Kier molecular flexibility index (Phi) is 6.90. The minimum atomic E-state index is -0.174. The molecule has 1 fully saturated rings. The first-order valence-corrected chi connectivity index (χ1v) is 8.81. The van der Waals surface area contributed by atoms with Crippen LogP contribution in [0.15, 0.2) is 24.3 Å². The molecule has 0 aliphatic carbocycles. The van der Waals surface area contributed by atoms with Crippen molar-refractivity contribution in [3.8, 4) is 0 Å². The lowest BCUT2D eigenvalue weighted by molar-refractivity contribution is -0.125. The van der Waals surface area contributed by atoms with Crippen LogP contribution in [-0.4, -0.2) is 38.1 Å². The van der Waals surface area contributed by atoms with Gasteiger partial charge < -0.3 is 20.9 Å². The summed E-state index contributed by atoms with van der Waals surface area (Å²) in [4.78, 5) is 25.8. The van der Waals surface area contributed by atoms with Crippen molar-refractivity contribution in [2.24, 2.45) is 5.92 Å². The lowest BCUT2D eigenvalue weighted by atomic mass is 9.95. The number of carbonyl (C=O) groups excluding carboxylic acids is 2. The average molecular weight is 332 g/mol. The molecule has 3 N–H and O–H groups in total. The van der Waals surface area contributed by atoms with Crippen molar-refractivity contribution in [3.63, 3.8) is 0 Å². The van der Waals surface area contributed by atoms with Gasteiger partial charge in [0.1, 0.15) is 0 Å². The van der Waals surface area contributed by atoms with Crippen LogP contribution in [-0.2, 0) is 4.79 Å². The van der Waals surface area contributed by atoms with E-state index in [-0.39, 0.29) is 17.9 Å². The van der Waals surface area contributed by atoms with Crippen LogP contribution in [0, 0.1) is 5.92 Å². The Balaban J connectivity index is 1.84. The zero-order valence-corrected chi connectivity index (χ0v) is 14.6. The maximum Gasteiger partial charge on any atom is 0.319 e. The molecule has 0 spiro atoms. The third-order valence-electron chi connectivity index (χ3n) is 4.24. The first kappa shape index (κ1) is 18.1. The van der Waals surface area contributed by atoms with E-state index < -0.39 is 0 Å². The van der Waals surface area contributed by atoms with Crippen LogP contribution in [0.1, 0.15) is 33.1 Å². The minimum Gasteiger partial charge on any atom is -0.371 e. The van der Waals surface area contributed by atoms with E-state index in [0.29, 0.717) is 13.1 Å². The van der Waals surface area contributed by atoms with Crippen molar-refractivity contribution in [1.82, 2.24) is 10.6 Å². The summed E-state index contributed by atoms with van der Waals surface area (Å²) in [5.74, 6) is 0.305. The highest BCUT2D eigenvalue weighted by molar-refractivity contribution is 5.89. The molecule has 1 aliphatic heterocycles. The van der Waals surface area contributed by atoms with Gasteiger partial charge in [0.25, 0.3) is 0 Å². The molecule has 0 aromatic heterocycles. The Labute approximate surface area is 144 Å². The monoisotopic (exact) mass is 332 g/mol. The molecule has 6 nitrogen and oxygen atoms in total. The number of piperidine rings is 1. The molecule has 0 radical (unpaired) electrons. The summed E-state index contributed by atoms with van der Waals surface area (Å²) in [5, 5.41) is 8.51. The van der Waals surface area contributed by atoms with E-state index in [1.807, 2.05) is 38.1 Å². The molecule has 3 amide bonds. The maximum absolute atomic E-state index is 11.9. The first-order chi connectivity index (χ1) is 11.6. The number of hydrogen-bond donors (Lipinski definition) is 3. The van der Waals surface area contributed by atoms with Gasteiger partial charge in [0.15, 0.2) is 0 Å². The number of rotatable bonds is 6. The molecule has 2 rings (SSSR count). The topological polar surface area (TPSA) is 73.5 Å². The van der Waals surface area contributed by atoms with Crippen LogP contribution in [0.4, 0.5) is 16.2 Å². The highest BCUT2D eigenvalue weighted by Crippen LogP contribution is 2.24. The van der Waals surface area contributed by atoms with E-state index >= 15 is 0 Å². The number of nitrogens with one attached hydrogen (secondary N) is 3. The summed E-state index contributed by atoms with van der Waals surface area (Å²) in [6.45, 7) is 7.09. The van der Waals surface area contributed by atoms with Crippen molar-refractivity contribution in [1.29, 1.82) is 0 Å². The maximum atomic E-state index is 11.9. The normalized spacial score (nSPS) is 15.0. The Bertz CT molecular complexity index is 536. The zero-order valence-electron chi connectivity index (χ0n) is 14.6. The number of amides is 3. The van der Waals surface area contributed by atoms with Gasteiger partial charge in [-0.2, -0.15) is 0 Å². The molecule has 1 heterocycles. The number of nitrogens with zero attached hydrogens (tertiary/aromatic N) is 1. The van der Waals surface area contributed by atoms with E-state index in [1.165, 1.54) is 0 Å².